The molecule has 2 aliphatic rings. The van der Waals surface area contributed by atoms with Gasteiger partial charge in [0.05, 0.1) is 5.56 Å². The molecule has 0 unspecified atom stereocenters. The van der Waals surface area contributed by atoms with Crippen molar-refractivity contribution >= 4 is 28.7 Å². The Morgan fingerprint density at radius 3 is 2.21 bits per heavy atom. The second-order valence-electron chi connectivity index (χ2n) is 9.62. The first kappa shape index (κ1) is 25.4. The van der Waals surface area contributed by atoms with Gasteiger partial charge in [-0.2, -0.15) is 0 Å². The number of carboxylic acid groups (broad SMARTS) is 1. The van der Waals surface area contributed by atoms with Crippen molar-refractivity contribution in [1.82, 2.24) is 4.90 Å². The summed E-state index contributed by atoms with van der Waals surface area (Å²) < 4.78 is 0. The van der Waals surface area contributed by atoms with Crippen LogP contribution in [0.1, 0.15) is 76.1 Å². The van der Waals surface area contributed by atoms with E-state index < -0.39 is 5.97 Å². The summed E-state index contributed by atoms with van der Waals surface area (Å²) in [7, 11) is 0. The first-order valence-electron chi connectivity index (χ1n) is 12.3. The van der Waals surface area contributed by atoms with Crippen LogP contribution >= 0.6 is 11.3 Å². The van der Waals surface area contributed by atoms with Crippen molar-refractivity contribution in [2.45, 2.75) is 77.8 Å². The van der Waals surface area contributed by atoms with Gasteiger partial charge >= 0.3 is 5.97 Å². The Morgan fingerprint density at radius 1 is 1.09 bits per heavy atom. The molecule has 0 radical (unpaired) electrons. The summed E-state index contributed by atoms with van der Waals surface area (Å²) >= 11 is 1.37. The molecule has 0 spiro atoms. The van der Waals surface area contributed by atoms with E-state index in [4.69, 9.17) is 0 Å². The number of amides is 1. The van der Waals surface area contributed by atoms with E-state index in [0.29, 0.717) is 11.0 Å². The lowest BCUT2D eigenvalue weighted by Crippen LogP contribution is -2.46. The van der Waals surface area contributed by atoms with Crippen LogP contribution in [0.5, 0.6) is 0 Å². The number of hydrogen-bond acceptors (Lipinski definition) is 4. The van der Waals surface area contributed by atoms with E-state index in [0.717, 1.165) is 48.7 Å². The minimum Gasteiger partial charge on any atom is -0.478 e. The topological polar surface area (TPSA) is 60.9 Å². The van der Waals surface area contributed by atoms with Crippen LogP contribution in [0, 0.1) is 5.92 Å². The van der Waals surface area contributed by atoms with E-state index in [2.05, 4.69) is 25.7 Å². The highest BCUT2D eigenvalue weighted by atomic mass is 32.1. The van der Waals surface area contributed by atoms with Crippen LogP contribution in [0.4, 0.5) is 5.00 Å². The minimum atomic E-state index is -0.995. The fourth-order valence-electron chi connectivity index (χ4n) is 4.76. The van der Waals surface area contributed by atoms with Gasteiger partial charge in [0.25, 0.3) is 0 Å². The Labute approximate surface area is 202 Å². The van der Waals surface area contributed by atoms with Crippen molar-refractivity contribution in [2.75, 3.05) is 18.0 Å². The maximum absolute atomic E-state index is 11.9. The summed E-state index contributed by atoms with van der Waals surface area (Å²) in [5, 5.41) is 10.2. The SMILES string of the molecule is CC(C)N1CCC(N(C=O)c2sc(-c3ccccc3)cc2C(=O)O)CC1.CC1CCCCC1. The quantitative estimate of drug-likeness (QED) is 0.487. The third-order valence-electron chi connectivity index (χ3n) is 6.87. The normalized spacial score (nSPS) is 17.9. The third kappa shape index (κ3) is 6.90. The first-order valence-corrected chi connectivity index (χ1v) is 13.1. The van der Waals surface area contributed by atoms with Crippen molar-refractivity contribution in [3.05, 3.63) is 42.0 Å². The zero-order valence-electron chi connectivity index (χ0n) is 20.2. The van der Waals surface area contributed by atoms with Gasteiger partial charge in [0.1, 0.15) is 5.00 Å². The number of anilines is 1. The number of hydrogen-bond donors (Lipinski definition) is 1. The van der Waals surface area contributed by atoms with Gasteiger partial charge in [-0.25, -0.2) is 4.79 Å². The Bertz CT molecular complexity index is 882. The predicted molar refractivity (Wildman–Crippen MR) is 137 cm³/mol. The monoisotopic (exact) mass is 470 g/mol. The average Bonchev–Trinajstić information content (AvgIpc) is 3.27. The maximum Gasteiger partial charge on any atom is 0.338 e. The van der Waals surface area contributed by atoms with E-state index >= 15 is 0 Å². The van der Waals surface area contributed by atoms with Crippen LogP contribution in [-0.2, 0) is 4.79 Å². The molecule has 0 atom stereocenters. The highest BCUT2D eigenvalue weighted by molar-refractivity contribution is 7.20. The van der Waals surface area contributed by atoms with Gasteiger partial charge in [0.15, 0.2) is 0 Å². The lowest BCUT2D eigenvalue weighted by molar-refractivity contribution is -0.108. The molecule has 4 rings (SSSR count). The van der Waals surface area contributed by atoms with E-state index in [-0.39, 0.29) is 11.6 Å². The fraction of sp³-hybridized carbons (Fsp3) is 0.556. The molecule has 0 bridgehead atoms. The molecule has 33 heavy (non-hydrogen) atoms. The molecule has 6 heteroatoms. The van der Waals surface area contributed by atoms with Crippen molar-refractivity contribution in [3.63, 3.8) is 0 Å². The molecule has 1 saturated heterocycles. The smallest absolute Gasteiger partial charge is 0.338 e. The van der Waals surface area contributed by atoms with Crippen LogP contribution in [0.25, 0.3) is 10.4 Å². The van der Waals surface area contributed by atoms with Gasteiger partial charge in [-0.15, -0.1) is 11.3 Å². The number of likely N-dealkylation sites (tertiary alicyclic amines) is 1. The van der Waals surface area contributed by atoms with Gasteiger partial charge in [-0.1, -0.05) is 69.4 Å². The number of carbonyl (C=O) groups excluding carboxylic acids is 1. The minimum absolute atomic E-state index is 0.0443. The number of carboxylic acids is 1. The highest BCUT2D eigenvalue weighted by Gasteiger charge is 2.30. The zero-order valence-corrected chi connectivity index (χ0v) is 21.0. The van der Waals surface area contributed by atoms with Crippen LogP contribution in [-0.4, -0.2) is 47.6 Å². The van der Waals surface area contributed by atoms with Crippen molar-refractivity contribution < 1.29 is 14.7 Å². The summed E-state index contributed by atoms with van der Waals surface area (Å²) in [6.07, 6.45) is 9.94. The van der Waals surface area contributed by atoms with E-state index in [1.54, 1.807) is 11.0 Å². The van der Waals surface area contributed by atoms with Crippen LogP contribution in [0.2, 0.25) is 0 Å². The standard InChI is InChI=1S/C20H24N2O3S.C7H14/c1-14(2)21-10-8-16(9-11-21)22(13-23)19-17(20(24)25)12-18(26-19)15-6-4-3-5-7-15;1-7-5-3-2-4-6-7/h3-7,12-14,16H,8-11H2,1-2H3,(H,24,25);7H,2-6H2,1H3. The molecular weight excluding hydrogens is 432 g/mol. The Morgan fingerprint density at radius 2 is 1.73 bits per heavy atom. The van der Waals surface area contributed by atoms with Crippen molar-refractivity contribution in [1.29, 1.82) is 0 Å². The fourth-order valence-corrected chi connectivity index (χ4v) is 5.95. The zero-order chi connectivity index (χ0) is 23.8. The molecule has 2 fully saturated rings. The van der Waals surface area contributed by atoms with Crippen molar-refractivity contribution in [3.8, 4) is 10.4 Å². The van der Waals surface area contributed by atoms with Gasteiger partial charge in [0, 0.05) is 30.1 Å². The van der Waals surface area contributed by atoms with Gasteiger partial charge in [-0.3, -0.25) is 4.79 Å². The molecule has 180 valence electrons. The number of carbonyl (C=O) groups is 2. The van der Waals surface area contributed by atoms with Crippen LogP contribution in [0.3, 0.4) is 0 Å². The molecule has 2 aromatic rings. The van der Waals surface area contributed by atoms with E-state index in [1.807, 2.05) is 30.3 Å². The molecule has 1 aromatic heterocycles. The largest absolute Gasteiger partial charge is 0.478 e. The van der Waals surface area contributed by atoms with Crippen molar-refractivity contribution in [2.24, 2.45) is 5.92 Å². The molecule has 1 aromatic carbocycles. The summed E-state index contributed by atoms with van der Waals surface area (Å²) in [5.74, 6) is 0.0404. The summed E-state index contributed by atoms with van der Waals surface area (Å²) in [6, 6.07) is 11.9. The molecule has 1 aliphatic carbocycles. The lowest BCUT2D eigenvalue weighted by Gasteiger charge is -2.38. The summed E-state index contributed by atoms with van der Waals surface area (Å²) in [5.41, 5.74) is 1.17. The summed E-state index contributed by atoms with van der Waals surface area (Å²) in [4.78, 5) is 28.5. The third-order valence-corrected chi connectivity index (χ3v) is 8.06. The molecule has 1 N–H and O–H groups in total. The highest BCUT2D eigenvalue weighted by Crippen LogP contribution is 2.39. The molecule has 1 amide bonds. The van der Waals surface area contributed by atoms with Gasteiger partial charge in [0.2, 0.25) is 6.41 Å². The Hall–Kier alpha value is -2.18. The average molecular weight is 471 g/mol. The predicted octanol–water partition coefficient (Wildman–Crippen LogP) is 6.54. The molecule has 5 nitrogen and oxygen atoms in total. The number of piperidine rings is 1. The number of thiophene rings is 1. The number of rotatable bonds is 6. The molecule has 1 saturated carbocycles. The van der Waals surface area contributed by atoms with Crippen LogP contribution < -0.4 is 4.90 Å². The van der Waals surface area contributed by atoms with E-state index in [9.17, 15) is 14.7 Å². The lowest BCUT2D eigenvalue weighted by atomic mass is 9.91. The molecule has 1 aliphatic heterocycles. The molecular formula is C27H38N2O3S. The Kier molecular flexibility index (Phi) is 9.51. The first-order chi connectivity index (χ1) is 15.9. The Balaban J connectivity index is 0.000000374. The second kappa shape index (κ2) is 12.3. The number of benzene rings is 1. The number of aromatic carboxylic acids is 1. The van der Waals surface area contributed by atoms with Gasteiger partial charge in [-0.05, 0) is 44.2 Å². The van der Waals surface area contributed by atoms with Gasteiger partial charge < -0.3 is 14.9 Å². The summed E-state index contributed by atoms with van der Waals surface area (Å²) in [6.45, 7) is 8.55. The molecule has 2 heterocycles. The number of nitrogens with zero attached hydrogens (tertiary/aromatic N) is 2. The second-order valence-corrected chi connectivity index (χ2v) is 10.6. The van der Waals surface area contributed by atoms with Crippen LogP contribution in [0.15, 0.2) is 36.4 Å². The maximum atomic E-state index is 11.9. The van der Waals surface area contributed by atoms with E-state index in [1.165, 1.54) is 43.4 Å².